The van der Waals surface area contributed by atoms with Gasteiger partial charge in [-0.2, -0.15) is 0 Å². The Morgan fingerprint density at radius 3 is 2.94 bits per heavy atom. The third kappa shape index (κ3) is 2.76. The van der Waals surface area contributed by atoms with Gasteiger partial charge in [0.15, 0.2) is 0 Å². The van der Waals surface area contributed by atoms with Crippen LogP contribution in [0, 0.1) is 0 Å². The summed E-state index contributed by atoms with van der Waals surface area (Å²) in [5, 5.41) is 14.3. The number of aromatic nitrogens is 2. The van der Waals surface area contributed by atoms with Crippen LogP contribution in [0.2, 0.25) is 0 Å². The molecule has 6 heteroatoms. The van der Waals surface area contributed by atoms with E-state index in [2.05, 4.69) is 20.8 Å². The van der Waals surface area contributed by atoms with Gasteiger partial charge in [-0.25, -0.2) is 0 Å². The molecular weight excluding hydrogens is 220 g/mol. The second-order valence-corrected chi connectivity index (χ2v) is 4.41. The lowest BCUT2D eigenvalue weighted by Crippen LogP contribution is -2.29. The first-order valence-corrected chi connectivity index (χ1v) is 6.04. The zero-order chi connectivity index (χ0) is 12.3. The maximum Gasteiger partial charge on any atom is 0.315 e. The van der Waals surface area contributed by atoms with E-state index in [4.69, 9.17) is 9.15 Å². The first-order chi connectivity index (χ1) is 8.24. The Balaban J connectivity index is 1.96. The van der Waals surface area contributed by atoms with Crippen molar-refractivity contribution in [1.29, 1.82) is 0 Å². The van der Waals surface area contributed by atoms with E-state index in [1.807, 2.05) is 14.0 Å². The van der Waals surface area contributed by atoms with Crippen LogP contribution < -0.4 is 10.6 Å². The highest BCUT2D eigenvalue weighted by Crippen LogP contribution is 2.25. The van der Waals surface area contributed by atoms with Crippen LogP contribution in [-0.4, -0.2) is 36.5 Å². The molecule has 0 radical (unpaired) electrons. The molecule has 1 aliphatic rings. The lowest BCUT2D eigenvalue weighted by atomic mass is 10.2. The molecule has 96 valence electrons. The highest BCUT2D eigenvalue weighted by Gasteiger charge is 2.28. The third-order valence-electron chi connectivity index (χ3n) is 3.31. The Kier molecular flexibility index (Phi) is 3.96. The molecule has 2 rings (SSSR count). The molecule has 3 unspecified atom stereocenters. The smallest absolute Gasteiger partial charge is 0.315 e. The molecule has 17 heavy (non-hydrogen) atoms. The maximum atomic E-state index is 5.54. The predicted molar refractivity (Wildman–Crippen MR) is 63.8 cm³/mol. The average Bonchev–Trinajstić information content (AvgIpc) is 2.97. The van der Waals surface area contributed by atoms with Crippen molar-refractivity contribution >= 4 is 6.01 Å². The molecule has 1 fully saturated rings. The number of nitrogens with zero attached hydrogens (tertiary/aromatic N) is 2. The molecule has 0 saturated heterocycles. The number of hydrogen-bond donors (Lipinski definition) is 2. The highest BCUT2D eigenvalue weighted by atomic mass is 16.5. The molecule has 0 amide bonds. The van der Waals surface area contributed by atoms with Gasteiger partial charge in [-0.3, -0.25) is 0 Å². The molecule has 0 bridgehead atoms. The van der Waals surface area contributed by atoms with Crippen LogP contribution in [0.5, 0.6) is 0 Å². The summed E-state index contributed by atoms with van der Waals surface area (Å²) in [6.45, 7) is 1.98. The van der Waals surface area contributed by atoms with E-state index < -0.39 is 0 Å². The summed E-state index contributed by atoms with van der Waals surface area (Å²) in [6, 6.07) is 0.828. The monoisotopic (exact) mass is 240 g/mol. The largest absolute Gasteiger partial charge is 0.406 e. The van der Waals surface area contributed by atoms with Crippen LogP contribution in [0.3, 0.4) is 0 Å². The number of anilines is 1. The van der Waals surface area contributed by atoms with Crippen LogP contribution >= 0.6 is 0 Å². The minimum Gasteiger partial charge on any atom is -0.406 e. The SMILES string of the molecule is CNC(C)c1nnc(NC2CCCC2OC)o1. The molecule has 1 saturated carbocycles. The molecule has 3 atom stereocenters. The van der Waals surface area contributed by atoms with Crippen molar-refractivity contribution in [1.82, 2.24) is 15.5 Å². The Labute approximate surface area is 101 Å². The van der Waals surface area contributed by atoms with E-state index in [1.165, 1.54) is 6.42 Å². The van der Waals surface area contributed by atoms with Crippen molar-refractivity contribution in [3.63, 3.8) is 0 Å². The molecule has 1 aliphatic carbocycles. The minimum absolute atomic E-state index is 0.0693. The van der Waals surface area contributed by atoms with E-state index in [0.29, 0.717) is 11.9 Å². The minimum atomic E-state index is 0.0693. The van der Waals surface area contributed by atoms with Gasteiger partial charge in [0.2, 0.25) is 5.89 Å². The van der Waals surface area contributed by atoms with Crippen molar-refractivity contribution in [3.05, 3.63) is 5.89 Å². The summed E-state index contributed by atoms with van der Waals surface area (Å²) in [5.74, 6) is 0.599. The predicted octanol–water partition coefficient (Wildman–Crippen LogP) is 1.33. The molecule has 1 heterocycles. The van der Waals surface area contributed by atoms with Crippen LogP contribution in [0.15, 0.2) is 4.42 Å². The van der Waals surface area contributed by atoms with E-state index in [1.54, 1.807) is 7.11 Å². The lowest BCUT2D eigenvalue weighted by molar-refractivity contribution is 0.100. The molecule has 0 aliphatic heterocycles. The van der Waals surface area contributed by atoms with Gasteiger partial charge < -0.3 is 19.8 Å². The zero-order valence-electron chi connectivity index (χ0n) is 10.6. The second kappa shape index (κ2) is 5.46. The van der Waals surface area contributed by atoms with E-state index in [9.17, 15) is 0 Å². The van der Waals surface area contributed by atoms with Gasteiger partial charge >= 0.3 is 6.01 Å². The summed E-state index contributed by atoms with van der Waals surface area (Å²) in [6.07, 6.45) is 3.58. The van der Waals surface area contributed by atoms with Crippen molar-refractivity contribution < 1.29 is 9.15 Å². The van der Waals surface area contributed by atoms with E-state index in [-0.39, 0.29) is 18.2 Å². The standard InChI is InChI=1S/C11H20N4O2/c1-7(12-2)10-14-15-11(17-10)13-8-5-4-6-9(8)16-3/h7-9,12H,4-6H2,1-3H3,(H,13,15). The number of hydrogen-bond acceptors (Lipinski definition) is 6. The van der Waals surface area contributed by atoms with Crippen LogP contribution in [0.4, 0.5) is 6.01 Å². The fourth-order valence-corrected chi connectivity index (χ4v) is 2.12. The van der Waals surface area contributed by atoms with Gasteiger partial charge in [-0.15, -0.1) is 5.10 Å². The normalized spacial score (nSPS) is 26.1. The highest BCUT2D eigenvalue weighted by molar-refractivity contribution is 5.21. The molecule has 1 aromatic heterocycles. The van der Waals surface area contributed by atoms with Crippen LogP contribution in [-0.2, 0) is 4.74 Å². The zero-order valence-corrected chi connectivity index (χ0v) is 10.6. The molecule has 6 nitrogen and oxygen atoms in total. The quantitative estimate of drug-likeness (QED) is 0.809. The summed E-state index contributed by atoms with van der Waals surface area (Å²) in [7, 11) is 3.60. The Morgan fingerprint density at radius 1 is 1.41 bits per heavy atom. The fourth-order valence-electron chi connectivity index (χ4n) is 2.12. The molecule has 0 spiro atoms. The summed E-state index contributed by atoms with van der Waals surface area (Å²) >= 11 is 0. The van der Waals surface area contributed by atoms with Gasteiger partial charge in [0.1, 0.15) is 0 Å². The van der Waals surface area contributed by atoms with Crippen molar-refractivity contribution in [2.45, 2.75) is 44.4 Å². The molecule has 1 aromatic rings. The summed E-state index contributed by atoms with van der Waals surface area (Å²) in [5.41, 5.74) is 0. The maximum absolute atomic E-state index is 5.54. The lowest BCUT2D eigenvalue weighted by Gasteiger charge is -2.17. The summed E-state index contributed by atoms with van der Waals surface area (Å²) in [4.78, 5) is 0. The van der Waals surface area contributed by atoms with Gasteiger partial charge in [-0.1, -0.05) is 5.10 Å². The number of rotatable bonds is 5. The second-order valence-electron chi connectivity index (χ2n) is 4.41. The molecule has 0 aromatic carbocycles. The van der Waals surface area contributed by atoms with Gasteiger partial charge in [0, 0.05) is 7.11 Å². The van der Waals surface area contributed by atoms with Gasteiger partial charge in [0.25, 0.3) is 0 Å². The number of methoxy groups -OCH3 is 1. The van der Waals surface area contributed by atoms with E-state index in [0.717, 1.165) is 12.8 Å². The number of nitrogens with one attached hydrogen (secondary N) is 2. The van der Waals surface area contributed by atoms with Gasteiger partial charge in [0.05, 0.1) is 18.2 Å². The van der Waals surface area contributed by atoms with E-state index >= 15 is 0 Å². The van der Waals surface area contributed by atoms with Crippen LogP contribution in [0.25, 0.3) is 0 Å². The third-order valence-corrected chi connectivity index (χ3v) is 3.31. The fraction of sp³-hybridized carbons (Fsp3) is 0.818. The average molecular weight is 240 g/mol. The Bertz CT molecular complexity index is 355. The van der Waals surface area contributed by atoms with Crippen molar-refractivity contribution in [2.24, 2.45) is 0 Å². The first kappa shape index (κ1) is 12.3. The van der Waals surface area contributed by atoms with Crippen LogP contribution in [0.1, 0.15) is 38.1 Å². The summed E-state index contributed by atoms with van der Waals surface area (Å²) < 4.78 is 10.9. The van der Waals surface area contributed by atoms with Crippen molar-refractivity contribution in [2.75, 3.05) is 19.5 Å². The topological polar surface area (TPSA) is 72.2 Å². The Hall–Kier alpha value is -1.14. The molecule has 2 N–H and O–H groups in total. The Morgan fingerprint density at radius 2 is 2.24 bits per heavy atom. The first-order valence-electron chi connectivity index (χ1n) is 6.04. The number of ether oxygens (including phenoxy) is 1. The molecular formula is C11H20N4O2. The van der Waals surface area contributed by atoms with Gasteiger partial charge in [-0.05, 0) is 33.2 Å². The van der Waals surface area contributed by atoms with Crippen molar-refractivity contribution in [3.8, 4) is 0 Å².